The van der Waals surface area contributed by atoms with Gasteiger partial charge in [-0.25, -0.2) is 4.39 Å². The Hall–Kier alpha value is -1.88. The molecule has 0 saturated carbocycles. The van der Waals surface area contributed by atoms with Crippen molar-refractivity contribution in [3.8, 4) is 0 Å². The van der Waals surface area contributed by atoms with E-state index in [4.69, 9.17) is 0 Å². The summed E-state index contributed by atoms with van der Waals surface area (Å²) in [6.45, 7) is 4.47. The average molecular weight is 333 g/mol. The number of thiophene rings is 1. The van der Waals surface area contributed by atoms with E-state index in [0.717, 1.165) is 37.5 Å². The molecule has 2 rings (SSSR count). The molecule has 0 radical (unpaired) electrons. The summed E-state index contributed by atoms with van der Waals surface area (Å²) in [5.41, 5.74) is 0.978. The van der Waals surface area contributed by atoms with E-state index in [1.165, 1.54) is 10.9 Å². The largest absolute Gasteiger partial charge is 0.357 e. The lowest BCUT2D eigenvalue weighted by Crippen LogP contribution is -2.40. The third-order valence-corrected chi connectivity index (χ3v) is 4.46. The summed E-state index contributed by atoms with van der Waals surface area (Å²) >= 11 is 1.78. The number of halogens is 1. The topological polar surface area (TPSA) is 27.6 Å². The molecule has 0 bridgehead atoms. The van der Waals surface area contributed by atoms with Crippen molar-refractivity contribution >= 4 is 17.3 Å². The number of hydrogen-bond acceptors (Lipinski definition) is 2. The van der Waals surface area contributed by atoms with Gasteiger partial charge in [-0.15, -0.1) is 11.3 Å². The van der Waals surface area contributed by atoms with Gasteiger partial charge in [0.15, 0.2) is 5.96 Å². The van der Waals surface area contributed by atoms with E-state index in [-0.39, 0.29) is 5.82 Å². The Kier molecular flexibility index (Phi) is 7.07. The van der Waals surface area contributed by atoms with Crippen molar-refractivity contribution in [1.29, 1.82) is 0 Å². The monoisotopic (exact) mass is 333 g/mol. The molecule has 1 aromatic heterocycles. The van der Waals surface area contributed by atoms with Crippen LogP contribution in [0.25, 0.3) is 0 Å². The second-order valence-corrected chi connectivity index (χ2v) is 6.40. The Morgan fingerprint density at radius 1 is 1.26 bits per heavy atom. The number of benzene rings is 1. The molecular formula is C18H24FN3S. The average Bonchev–Trinajstić information content (AvgIpc) is 3.05. The maximum absolute atomic E-state index is 13.2. The number of hydrogen-bond donors (Lipinski definition) is 1. The molecule has 0 amide bonds. The highest BCUT2D eigenvalue weighted by Gasteiger charge is 2.06. The predicted octanol–water partition coefficient (Wildman–Crippen LogP) is 3.57. The van der Waals surface area contributed by atoms with Crippen LogP contribution in [0.1, 0.15) is 17.4 Å². The van der Waals surface area contributed by atoms with Crippen molar-refractivity contribution in [1.82, 2.24) is 10.2 Å². The molecule has 0 spiro atoms. The van der Waals surface area contributed by atoms with Crippen LogP contribution in [0.5, 0.6) is 0 Å². The van der Waals surface area contributed by atoms with Gasteiger partial charge in [0.25, 0.3) is 0 Å². The van der Waals surface area contributed by atoms with Crippen LogP contribution in [-0.2, 0) is 12.8 Å². The van der Waals surface area contributed by atoms with E-state index < -0.39 is 0 Å². The Morgan fingerprint density at radius 2 is 2.13 bits per heavy atom. The fourth-order valence-corrected chi connectivity index (χ4v) is 2.99. The zero-order valence-corrected chi connectivity index (χ0v) is 14.6. The Labute approximate surface area is 141 Å². The summed E-state index contributed by atoms with van der Waals surface area (Å²) < 4.78 is 13.2. The van der Waals surface area contributed by atoms with Crippen LogP contribution in [0.2, 0.25) is 0 Å². The smallest absolute Gasteiger partial charge is 0.193 e. The van der Waals surface area contributed by atoms with Gasteiger partial charge < -0.3 is 10.2 Å². The molecule has 0 aliphatic carbocycles. The molecule has 0 aliphatic rings. The number of aliphatic imine (C=N–C) groups is 1. The van der Waals surface area contributed by atoms with Gasteiger partial charge >= 0.3 is 0 Å². The maximum atomic E-state index is 13.2. The lowest BCUT2D eigenvalue weighted by Gasteiger charge is -2.21. The molecule has 0 unspecified atom stereocenters. The molecule has 1 N–H and O–H groups in total. The molecular weight excluding hydrogens is 309 g/mol. The van der Waals surface area contributed by atoms with Crippen LogP contribution in [-0.4, -0.2) is 37.5 Å². The number of guanidine groups is 1. The fraction of sp³-hybridized carbons (Fsp3) is 0.389. The zero-order chi connectivity index (χ0) is 16.5. The standard InChI is InChI=1S/C18H24FN3S/c1-3-20-18(22(2)12-10-17-8-5-13-23-17)21-11-9-15-6-4-7-16(19)14-15/h4-8,13-14H,3,9-12H2,1-2H3,(H,20,21). The highest BCUT2D eigenvalue weighted by Crippen LogP contribution is 2.09. The van der Waals surface area contributed by atoms with Crippen molar-refractivity contribution in [3.63, 3.8) is 0 Å². The second-order valence-electron chi connectivity index (χ2n) is 5.37. The second kappa shape index (κ2) is 9.30. The highest BCUT2D eigenvalue weighted by molar-refractivity contribution is 7.09. The van der Waals surface area contributed by atoms with Gasteiger partial charge in [0, 0.05) is 31.6 Å². The lowest BCUT2D eigenvalue weighted by atomic mass is 10.1. The molecule has 1 heterocycles. The highest BCUT2D eigenvalue weighted by atomic mass is 32.1. The minimum atomic E-state index is -0.188. The molecule has 0 fully saturated rings. The van der Waals surface area contributed by atoms with Crippen LogP contribution in [0.15, 0.2) is 46.8 Å². The molecule has 0 atom stereocenters. The Bertz CT molecular complexity index is 610. The molecule has 0 saturated heterocycles. The van der Waals surface area contributed by atoms with Gasteiger partial charge in [-0.3, -0.25) is 4.99 Å². The molecule has 5 heteroatoms. The molecule has 124 valence electrons. The maximum Gasteiger partial charge on any atom is 0.193 e. The number of rotatable bonds is 7. The van der Waals surface area contributed by atoms with E-state index in [9.17, 15) is 4.39 Å². The number of nitrogens with one attached hydrogen (secondary N) is 1. The van der Waals surface area contributed by atoms with Crippen LogP contribution < -0.4 is 5.32 Å². The normalized spacial score (nSPS) is 11.5. The van der Waals surface area contributed by atoms with Gasteiger partial charge in [-0.2, -0.15) is 0 Å². The van der Waals surface area contributed by atoms with E-state index in [1.54, 1.807) is 23.5 Å². The Morgan fingerprint density at radius 3 is 2.83 bits per heavy atom. The first-order valence-electron chi connectivity index (χ1n) is 7.95. The van der Waals surface area contributed by atoms with Gasteiger partial charge in [-0.05, 0) is 48.9 Å². The molecule has 1 aromatic carbocycles. The summed E-state index contributed by atoms with van der Waals surface area (Å²) in [4.78, 5) is 8.18. The van der Waals surface area contributed by atoms with E-state index in [1.807, 2.05) is 6.07 Å². The van der Waals surface area contributed by atoms with Crippen LogP contribution in [0, 0.1) is 5.82 Å². The van der Waals surface area contributed by atoms with E-state index >= 15 is 0 Å². The minimum absolute atomic E-state index is 0.188. The lowest BCUT2D eigenvalue weighted by molar-refractivity contribution is 0.487. The number of likely N-dealkylation sites (N-methyl/N-ethyl adjacent to an activating group) is 1. The summed E-state index contributed by atoms with van der Waals surface area (Å²) in [6.07, 6.45) is 1.76. The van der Waals surface area contributed by atoms with Gasteiger partial charge in [0.1, 0.15) is 5.82 Å². The van der Waals surface area contributed by atoms with Crippen LogP contribution >= 0.6 is 11.3 Å². The van der Waals surface area contributed by atoms with Crippen LogP contribution in [0.4, 0.5) is 4.39 Å². The number of nitrogens with zero attached hydrogens (tertiary/aromatic N) is 2. The van der Waals surface area contributed by atoms with Gasteiger partial charge in [-0.1, -0.05) is 18.2 Å². The Balaban J connectivity index is 1.87. The minimum Gasteiger partial charge on any atom is -0.357 e. The third-order valence-electron chi connectivity index (χ3n) is 3.52. The molecule has 3 nitrogen and oxygen atoms in total. The summed E-state index contributed by atoms with van der Waals surface area (Å²) in [5.74, 6) is 0.715. The van der Waals surface area contributed by atoms with Crippen molar-refractivity contribution in [2.45, 2.75) is 19.8 Å². The summed E-state index contributed by atoms with van der Waals surface area (Å²) in [7, 11) is 2.05. The van der Waals surface area contributed by atoms with Crippen LogP contribution in [0.3, 0.4) is 0 Å². The SMILES string of the molecule is CCNC(=NCCc1cccc(F)c1)N(C)CCc1cccs1. The first kappa shape index (κ1) is 17.5. The fourth-order valence-electron chi connectivity index (χ4n) is 2.29. The predicted molar refractivity (Wildman–Crippen MR) is 96.7 cm³/mol. The van der Waals surface area contributed by atoms with E-state index in [2.05, 4.69) is 46.7 Å². The van der Waals surface area contributed by atoms with Crippen molar-refractivity contribution < 1.29 is 4.39 Å². The van der Waals surface area contributed by atoms with Crippen molar-refractivity contribution in [2.75, 3.05) is 26.7 Å². The molecule has 2 aromatic rings. The quantitative estimate of drug-likeness (QED) is 0.620. The first-order valence-corrected chi connectivity index (χ1v) is 8.83. The molecule has 23 heavy (non-hydrogen) atoms. The van der Waals surface area contributed by atoms with Gasteiger partial charge in [0.2, 0.25) is 0 Å². The first-order chi connectivity index (χ1) is 11.2. The van der Waals surface area contributed by atoms with Crippen molar-refractivity contribution in [2.24, 2.45) is 4.99 Å². The van der Waals surface area contributed by atoms with Gasteiger partial charge in [0.05, 0.1) is 0 Å². The summed E-state index contributed by atoms with van der Waals surface area (Å²) in [5, 5.41) is 5.42. The summed E-state index contributed by atoms with van der Waals surface area (Å²) in [6, 6.07) is 11.0. The zero-order valence-electron chi connectivity index (χ0n) is 13.8. The van der Waals surface area contributed by atoms with E-state index in [0.29, 0.717) is 6.54 Å². The molecule has 0 aliphatic heterocycles. The third kappa shape index (κ3) is 6.02. The van der Waals surface area contributed by atoms with Crippen molar-refractivity contribution in [3.05, 3.63) is 58.0 Å².